The molecular formula is C18H32N2O4. The Morgan fingerprint density at radius 1 is 1.25 bits per heavy atom. The molecule has 138 valence electrons. The highest BCUT2D eigenvalue weighted by molar-refractivity contribution is 5.80. The molecule has 3 fully saturated rings. The van der Waals surface area contributed by atoms with Crippen molar-refractivity contribution in [3.63, 3.8) is 0 Å². The Labute approximate surface area is 144 Å². The summed E-state index contributed by atoms with van der Waals surface area (Å²) in [5, 5.41) is 20.6. The first-order valence-electron chi connectivity index (χ1n) is 9.46. The molecule has 8 atom stereocenters. The minimum Gasteiger partial charge on any atom is -0.393 e. The fourth-order valence-corrected chi connectivity index (χ4v) is 5.03. The van der Waals surface area contributed by atoms with Crippen LogP contribution in [0.5, 0.6) is 0 Å². The smallest absolute Gasteiger partial charge is 0.230 e. The monoisotopic (exact) mass is 340 g/mol. The van der Waals surface area contributed by atoms with E-state index in [9.17, 15) is 15.0 Å². The highest BCUT2D eigenvalue weighted by Crippen LogP contribution is 2.39. The molecule has 3 rings (SSSR count). The van der Waals surface area contributed by atoms with Crippen LogP contribution >= 0.6 is 0 Å². The van der Waals surface area contributed by atoms with Crippen LogP contribution in [0.3, 0.4) is 0 Å². The third-order valence-corrected chi connectivity index (χ3v) is 6.49. The molecule has 0 aromatic carbocycles. The van der Waals surface area contributed by atoms with Gasteiger partial charge in [-0.1, -0.05) is 13.3 Å². The number of aliphatic hydroxyl groups is 2. The lowest BCUT2D eigenvalue weighted by atomic mass is 9.75. The second-order valence-electron chi connectivity index (χ2n) is 7.94. The summed E-state index contributed by atoms with van der Waals surface area (Å²) >= 11 is 0. The van der Waals surface area contributed by atoms with Gasteiger partial charge in [0.15, 0.2) is 0 Å². The van der Waals surface area contributed by atoms with Crippen LogP contribution in [0.4, 0.5) is 0 Å². The molecule has 0 aromatic heterocycles. The minimum atomic E-state index is -0.850. The van der Waals surface area contributed by atoms with Gasteiger partial charge in [-0.3, -0.25) is 4.79 Å². The first-order valence-corrected chi connectivity index (χ1v) is 9.46. The lowest BCUT2D eigenvalue weighted by Crippen LogP contribution is -2.55. The number of likely N-dealkylation sites (tertiary alicyclic amines) is 1. The summed E-state index contributed by atoms with van der Waals surface area (Å²) in [5.41, 5.74) is 6.26. The van der Waals surface area contributed by atoms with Crippen LogP contribution in [0.25, 0.3) is 0 Å². The van der Waals surface area contributed by atoms with Gasteiger partial charge in [0.25, 0.3) is 0 Å². The van der Waals surface area contributed by atoms with Gasteiger partial charge in [0.1, 0.15) is 0 Å². The summed E-state index contributed by atoms with van der Waals surface area (Å²) in [7, 11) is 0. The third-order valence-electron chi connectivity index (χ3n) is 6.49. The molecule has 3 aliphatic rings. The van der Waals surface area contributed by atoms with Gasteiger partial charge in [-0.2, -0.15) is 0 Å². The number of carbonyl (C=O) groups is 1. The number of ether oxygens (including phenoxy) is 1. The van der Waals surface area contributed by atoms with E-state index in [1.807, 2.05) is 18.7 Å². The molecule has 8 unspecified atom stereocenters. The van der Waals surface area contributed by atoms with E-state index in [1.54, 1.807) is 0 Å². The maximum atomic E-state index is 13.2. The molecule has 2 aliphatic carbocycles. The van der Waals surface area contributed by atoms with Crippen molar-refractivity contribution in [1.82, 2.24) is 4.90 Å². The SMILES string of the molecule is CCOC1C(C)C(O)CC(O)C1C(=O)N1CC2CCCC(N)C2C1. The van der Waals surface area contributed by atoms with E-state index >= 15 is 0 Å². The van der Waals surface area contributed by atoms with E-state index in [-0.39, 0.29) is 24.3 Å². The van der Waals surface area contributed by atoms with Crippen molar-refractivity contribution >= 4 is 5.91 Å². The predicted octanol–water partition coefficient (Wildman–Crippen LogP) is 0.355. The zero-order chi connectivity index (χ0) is 17.4. The van der Waals surface area contributed by atoms with Gasteiger partial charge in [-0.25, -0.2) is 0 Å². The van der Waals surface area contributed by atoms with Crippen molar-refractivity contribution in [2.75, 3.05) is 19.7 Å². The van der Waals surface area contributed by atoms with Crippen LogP contribution in [0.15, 0.2) is 0 Å². The molecule has 24 heavy (non-hydrogen) atoms. The average Bonchev–Trinajstić information content (AvgIpc) is 2.98. The highest BCUT2D eigenvalue weighted by Gasteiger charge is 2.49. The number of nitrogens with zero attached hydrogens (tertiary/aromatic N) is 1. The summed E-state index contributed by atoms with van der Waals surface area (Å²) in [5.74, 6) is 0.111. The highest BCUT2D eigenvalue weighted by atomic mass is 16.5. The average molecular weight is 340 g/mol. The summed E-state index contributed by atoms with van der Waals surface area (Å²) in [6, 6.07) is 0.182. The number of nitrogens with two attached hydrogens (primary N) is 1. The number of fused-ring (bicyclic) bond motifs is 1. The molecule has 2 saturated carbocycles. The van der Waals surface area contributed by atoms with E-state index in [0.29, 0.717) is 25.0 Å². The van der Waals surface area contributed by atoms with Crippen molar-refractivity contribution in [1.29, 1.82) is 0 Å². The Balaban J connectivity index is 1.75. The summed E-state index contributed by atoms with van der Waals surface area (Å²) in [4.78, 5) is 15.1. The van der Waals surface area contributed by atoms with Crippen LogP contribution in [-0.4, -0.2) is 65.1 Å². The van der Waals surface area contributed by atoms with Gasteiger partial charge in [-0.05, 0) is 31.6 Å². The first-order chi connectivity index (χ1) is 11.4. The van der Waals surface area contributed by atoms with Crippen molar-refractivity contribution in [3.8, 4) is 0 Å². The molecule has 0 spiro atoms. The number of rotatable bonds is 3. The summed E-state index contributed by atoms with van der Waals surface area (Å²) in [6.07, 6.45) is 1.64. The second kappa shape index (κ2) is 7.28. The molecule has 6 heteroatoms. The minimum absolute atomic E-state index is 0.0266. The molecule has 0 aromatic rings. The number of carbonyl (C=O) groups excluding carboxylic acids is 1. The molecule has 1 saturated heterocycles. The van der Waals surface area contributed by atoms with Gasteiger partial charge in [0, 0.05) is 38.1 Å². The normalized spacial score (nSPS) is 46.0. The fraction of sp³-hybridized carbons (Fsp3) is 0.944. The van der Waals surface area contributed by atoms with Crippen molar-refractivity contribution in [2.45, 2.75) is 63.9 Å². The van der Waals surface area contributed by atoms with Gasteiger partial charge in [0.2, 0.25) is 5.91 Å². The van der Waals surface area contributed by atoms with Crippen LogP contribution in [0.2, 0.25) is 0 Å². The standard InChI is InChI=1S/C18H32N2O4/c1-3-24-17-10(2)14(21)7-15(22)16(17)18(23)20-8-11-5-4-6-13(19)12(11)9-20/h10-17,21-22H,3-9,19H2,1-2H3. The van der Waals surface area contributed by atoms with E-state index < -0.39 is 24.2 Å². The first kappa shape index (κ1) is 18.1. The molecular weight excluding hydrogens is 308 g/mol. The zero-order valence-electron chi connectivity index (χ0n) is 14.8. The predicted molar refractivity (Wildman–Crippen MR) is 90.1 cm³/mol. The molecule has 0 radical (unpaired) electrons. The van der Waals surface area contributed by atoms with Gasteiger partial charge in [-0.15, -0.1) is 0 Å². The number of aliphatic hydroxyl groups excluding tert-OH is 2. The van der Waals surface area contributed by atoms with Gasteiger partial charge in [0.05, 0.1) is 24.2 Å². The Morgan fingerprint density at radius 2 is 2.00 bits per heavy atom. The maximum absolute atomic E-state index is 13.2. The van der Waals surface area contributed by atoms with E-state index in [4.69, 9.17) is 10.5 Å². The molecule has 1 heterocycles. The Morgan fingerprint density at radius 3 is 2.67 bits per heavy atom. The van der Waals surface area contributed by atoms with Crippen LogP contribution in [0, 0.1) is 23.7 Å². The molecule has 1 amide bonds. The van der Waals surface area contributed by atoms with E-state index in [2.05, 4.69) is 0 Å². The number of hydrogen-bond donors (Lipinski definition) is 3. The Bertz CT molecular complexity index is 460. The molecule has 0 bridgehead atoms. The van der Waals surface area contributed by atoms with Gasteiger partial charge < -0.3 is 25.6 Å². The topological polar surface area (TPSA) is 96.0 Å². The molecule has 1 aliphatic heterocycles. The van der Waals surface area contributed by atoms with Crippen molar-refractivity contribution < 1.29 is 19.7 Å². The van der Waals surface area contributed by atoms with Crippen molar-refractivity contribution in [2.24, 2.45) is 29.4 Å². The maximum Gasteiger partial charge on any atom is 0.230 e. The Kier molecular flexibility index (Phi) is 5.49. The lowest BCUT2D eigenvalue weighted by molar-refractivity contribution is -0.166. The molecule has 4 N–H and O–H groups in total. The second-order valence-corrected chi connectivity index (χ2v) is 7.94. The summed E-state index contributed by atoms with van der Waals surface area (Å²) in [6.45, 7) is 5.69. The van der Waals surface area contributed by atoms with E-state index in [1.165, 1.54) is 0 Å². The van der Waals surface area contributed by atoms with Crippen molar-refractivity contribution in [3.05, 3.63) is 0 Å². The number of hydrogen-bond acceptors (Lipinski definition) is 5. The largest absolute Gasteiger partial charge is 0.393 e. The lowest BCUT2D eigenvalue weighted by Gasteiger charge is -2.42. The van der Waals surface area contributed by atoms with Gasteiger partial charge >= 0.3 is 0 Å². The molecule has 6 nitrogen and oxygen atoms in total. The third kappa shape index (κ3) is 3.21. The van der Waals surface area contributed by atoms with E-state index in [0.717, 1.165) is 25.8 Å². The van der Waals surface area contributed by atoms with Crippen LogP contribution in [-0.2, 0) is 9.53 Å². The van der Waals surface area contributed by atoms with Crippen LogP contribution < -0.4 is 5.73 Å². The van der Waals surface area contributed by atoms with Crippen LogP contribution in [0.1, 0.15) is 39.5 Å². The quantitative estimate of drug-likeness (QED) is 0.689. The fourth-order valence-electron chi connectivity index (χ4n) is 5.03. The summed E-state index contributed by atoms with van der Waals surface area (Å²) < 4.78 is 5.78. The number of amides is 1. The Hall–Kier alpha value is -0.690. The zero-order valence-corrected chi connectivity index (χ0v) is 14.8.